The van der Waals surface area contributed by atoms with E-state index in [9.17, 15) is 14.4 Å². The summed E-state index contributed by atoms with van der Waals surface area (Å²) in [7, 11) is 0. The fraction of sp³-hybridized carbons (Fsp3) is 0.300. The number of amides is 3. The Morgan fingerprint density at radius 2 is 1.32 bits per heavy atom. The third kappa shape index (κ3) is 8.02. The van der Waals surface area contributed by atoms with Crippen LogP contribution in [0, 0.1) is 11.8 Å². The minimum Gasteiger partial charge on any atom is -0.347 e. The molecule has 3 rings (SSSR count). The maximum Gasteiger partial charge on any atom is 0.247 e. The molecule has 4 N–H and O–H groups in total. The van der Waals surface area contributed by atoms with E-state index in [1.165, 1.54) is 0 Å². The number of hydrogen-bond acceptors (Lipinski definition) is 4. The first-order valence-corrected chi connectivity index (χ1v) is 12.5. The zero-order valence-corrected chi connectivity index (χ0v) is 21.5. The lowest BCUT2D eigenvalue weighted by Gasteiger charge is -2.25. The van der Waals surface area contributed by atoms with Crippen molar-refractivity contribution in [3.05, 3.63) is 96.1 Å². The smallest absolute Gasteiger partial charge is 0.247 e. The van der Waals surface area contributed by atoms with Crippen molar-refractivity contribution in [2.75, 3.05) is 0 Å². The van der Waals surface area contributed by atoms with Crippen LogP contribution < -0.4 is 16.1 Å². The molecule has 7 nitrogen and oxygen atoms in total. The highest BCUT2D eigenvalue weighted by Crippen LogP contribution is 2.25. The fourth-order valence-electron chi connectivity index (χ4n) is 4.33. The monoisotopic (exact) mass is 501 g/mol. The molecule has 3 aromatic rings. The summed E-state index contributed by atoms with van der Waals surface area (Å²) in [5.74, 6) is -1.99. The molecular formula is C30H35N3O4. The second-order valence-corrected chi connectivity index (χ2v) is 9.64. The average Bonchev–Trinajstić information content (AvgIpc) is 2.91. The molecule has 3 amide bonds. The van der Waals surface area contributed by atoms with Gasteiger partial charge in [-0.05, 0) is 47.6 Å². The van der Waals surface area contributed by atoms with Crippen molar-refractivity contribution in [3.8, 4) is 11.1 Å². The van der Waals surface area contributed by atoms with Gasteiger partial charge in [-0.15, -0.1) is 0 Å². The molecule has 3 atom stereocenters. The molecule has 0 fully saturated rings. The topological polar surface area (TPSA) is 108 Å². The van der Waals surface area contributed by atoms with E-state index in [0.717, 1.165) is 16.7 Å². The van der Waals surface area contributed by atoms with E-state index in [1.807, 2.05) is 106 Å². The minimum atomic E-state index is -0.978. The Morgan fingerprint density at radius 3 is 1.95 bits per heavy atom. The lowest BCUT2D eigenvalue weighted by atomic mass is 9.92. The molecule has 0 saturated carbocycles. The Kier molecular flexibility index (Phi) is 9.98. The molecule has 0 aliphatic rings. The SMILES string of the molecule is CC(C)C[C@H](CC(=O)NO)C(=O)NC(C(=O)NC(C)c1ccccc1)c1cccc(-c2ccccc2)c1. The van der Waals surface area contributed by atoms with Crippen LogP contribution in [0.1, 0.15) is 56.8 Å². The van der Waals surface area contributed by atoms with E-state index in [4.69, 9.17) is 5.21 Å². The van der Waals surface area contributed by atoms with Crippen molar-refractivity contribution >= 4 is 17.7 Å². The van der Waals surface area contributed by atoms with Gasteiger partial charge < -0.3 is 10.6 Å². The maximum absolute atomic E-state index is 13.6. The van der Waals surface area contributed by atoms with Crippen molar-refractivity contribution in [1.82, 2.24) is 16.1 Å². The number of rotatable bonds is 11. The molecule has 0 aliphatic heterocycles. The average molecular weight is 502 g/mol. The van der Waals surface area contributed by atoms with Gasteiger partial charge in [0.15, 0.2) is 0 Å². The molecule has 37 heavy (non-hydrogen) atoms. The Hall–Kier alpha value is -3.97. The molecule has 0 radical (unpaired) electrons. The maximum atomic E-state index is 13.6. The molecule has 0 aliphatic carbocycles. The molecule has 7 heteroatoms. The summed E-state index contributed by atoms with van der Waals surface area (Å²) in [5, 5.41) is 14.9. The van der Waals surface area contributed by atoms with Crippen molar-refractivity contribution in [3.63, 3.8) is 0 Å². The first kappa shape index (κ1) is 27.6. The highest BCUT2D eigenvalue weighted by atomic mass is 16.5. The number of carbonyl (C=O) groups excluding carboxylic acids is 3. The molecule has 0 aromatic heterocycles. The number of hydroxylamine groups is 1. The number of hydrogen-bond donors (Lipinski definition) is 4. The van der Waals surface area contributed by atoms with Crippen LogP contribution >= 0.6 is 0 Å². The normalized spacial score (nSPS) is 13.3. The van der Waals surface area contributed by atoms with Crippen LogP contribution in [0.3, 0.4) is 0 Å². The molecule has 0 saturated heterocycles. The van der Waals surface area contributed by atoms with Gasteiger partial charge in [0.2, 0.25) is 17.7 Å². The highest BCUT2D eigenvalue weighted by molar-refractivity contribution is 5.91. The predicted molar refractivity (Wildman–Crippen MR) is 143 cm³/mol. The second kappa shape index (κ2) is 13.4. The van der Waals surface area contributed by atoms with Gasteiger partial charge in [0, 0.05) is 12.3 Å². The van der Waals surface area contributed by atoms with Crippen LogP contribution in [-0.2, 0) is 14.4 Å². The molecule has 194 valence electrons. The fourth-order valence-corrected chi connectivity index (χ4v) is 4.33. The molecular weight excluding hydrogens is 466 g/mol. The van der Waals surface area contributed by atoms with Gasteiger partial charge in [-0.1, -0.05) is 92.7 Å². The van der Waals surface area contributed by atoms with E-state index >= 15 is 0 Å². The van der Waals surface area contributed by atoms with Gasteiger partial charge in [0.1, 0.15) is 6.04 Å². The highest BCUT2D eigenvalue weighted by Gasteiger charge is 2.29. The summed E-state index contributed by atoms with van der Waals surface area (Å²) in [5.41, 5.74) is 5.08. The van der Waals surface area contributed by atoms with E-state index in [2.05, 4.69) is 10.6 Å². The quantitative estimate of drug-likeness (QED) is 0.220. The molecule has 3 aromatic carbocycles. The molecule has 0 heterocycles. The third-order valence-corrected chi connectivity index (χ3v) is 6.22. The predicted octanol–water partition coefficient (Wildman–Crippen LogP) is 4.95. The molecule has 0 bridgehead atoms. The lowest BCUT2D eigenvalue weighted by Crippen LogP contribution is -2.44. The van der Waals surface area contributed by atoms with E-state index < -0.39 is 23.8 Å². The zero-order chi connectivity index (χ0) is 26.8. The Bertz CT molecular complexity index is 1180. The third-order valence-electron chi connectivity index (χ3n) is 6.22. The second-order valence-electron chi connectivity index (χ2n) is 9.64. The van der Waals surface area contributed by atoms with Crippen LogP contribution in [0.25, 0.3) is 11.1 Å². The largest absolute Gasteiger partial charge is 0.347 e. The summed E-state index contributed by atoms with van der Waals surface area (Å²) in [6.45, 7) is 5.79. The standard InChI is InChI=1S/C30H35N3O4/c1-20(2)17-26(19-27(34)33-37)29(35)32-28(30(36)31-21(3)22-11-6-4-7-12-22)25-16-10-15-24(18-25)23-13-8-5-9-14-23/h4-16,18,20-21,26,28,37H,17,19H2,1-3H3,(H,31,36)(H,32,35)(H,33,34)/t21?,26-,28?/m1/s1. The summed E-state index contributed by atoms with van der Waals surface area (Å²) in [6, 6.07) is 25.6. The number of benzene rings is 3. The Morgan fingerprint density at radius 1 is 0.730 bits per heavy atom. The van der Waals surface area contributed by atoms with Gasteiger partial charge in [-0.3, -0.25) is 19.6 Å². The van der Waals surface area contributed by atoms with Crippen molar-refractivity contribution in [2.45, 2.75) is 45.7 Å². The number of nitrogens with one attached hydrogen (secondary N) is 3. The Labute approximate surface area is 218 Å². The van der Waals surface area contributed by atoms with Gasteiger partial charge in [0.05, 0.1) is 6.04 Å². The van der Waals surface area contributed by atoms with Crippen molar-refractivity contribution in [2.24, 2.45) is 11.8 Å². The van der Waals surface area contributed by atoms with Crippen molar-refractivity contribution in [1.29, 1.82) is 0 Å². The van der Waals surface area contributed by atoms with E-state index in [0.29, 0.717) is 12.0 Å². The summed E-state index contributed by atoms with van der Waals surface area (Å²) in [4.78, 5) is 38.8. The Balaban J connectivity index is 1.92. The summed E-state index contributed by atoms with van der Waals surface area (Å²) < 4.78 is 0. The van der Waals surface area contributed by atoms with E-state index in [-0.39, 0.29) is 24.3 Å². The summed E-state index contributed by atoms with van der Waals surface area (Å²) >= 11 is 0. The van der Waals surface area contributed by atoms with Gasteiger partial charge >= 0.3 is 0 Å². The lowest BCUT2D eigenvalue weighted by molar-refractivity contribution is -0.136. The van der Waals surface area contributed by atoms with Crippen LogP contribution in [0.4, 0.5) is 0 Å². The van der Waals surface area contributed by atoms with Crippen molar-refractivity contribution < 1.29 is 19.6 Å². The molecule has 2 unspecified atom stereocenters. The van der Waals surface area contributed by atoms with Gasteiger partial charge in [0.25, 0.3) is 0 Å². The van der Waals surface area contributed by atoms with Crippen LogP contribution in [0.5, 0.6) is 0 Å². The minimum absolute atomic E-state index is 0.133. The van der Waals surface area contributed by atoms with Gasteiger partial charge in [-0.25, -0.2) is 5.48 Å². The first-order valence-electron chi connectivity index (χ1n) is 12.5. The summed E-state index contributed by atoms with van der Waals surface area (Å²) in [6.07, 6.45) is 0.247. The first-order chi connectivity index (χ1) is 17.8. The van der Waals surface area contributed by atoms with Crippen LogP contribution in [-0.4, -0.2) is 22.9 Å². The van der Waals surface area contributed by atoms with Crippen LogP contribution in [0.15, 0.2) is 84.9 Å². The number of carbonyl (C=O) groups is 3. The molecule has 0 spiro atoms. The van der Waals surface area contributed by atoms with Gasteiger partial charge in [-0.2, -0.15) is 0 Å². The van der Waals surface area contributed by atoms with Crippen LogP contribution in [0.2, 0.25) is 0 Å². The zero-order valence-electron chi connectivity index (χ0n) is 21.5. The van der Waals surface area contributed by atoms with E-state index in [1.54, 1.807) is 5.48 Å².